The Balaban J connectivity index is 1.10. The van der Waals surface area contributed by atoms with Gasteiger partial charge in [-0.1, -0.05) is 158 Å². The first kappa shape index (κ1) is 30.2. The second-order valence-electron chi connectivity index (χ2n) is 14.6. The molecule has 2 heterocycles. The number of hydrogen-bond donors (Lipinski definition) is 0. The molecule has 0 fully saturated rings. The highest BCUT2D eigenvalue weighted by Gasteiger charge is 2.20. The van der Waals surface area contributed by atoms with Crippen LogP contribution in [0.25, 0.3) is 120 Å². The molecule has 0 aliphatic carbocycles. The van der Waals surface area contributed by atoms with Crippen LogP contribution in [-0.4, -0.2) is 4.98 Å². The van der Waals surface area contributed by atoms with E-state index in [2.05, 4.69) is 188 Å². The number of benzene rings is 10. The fraction of sp³-hybridized carbons (Fsp3) is 0. The van der Waals surface area contributed by atoms with Gasteiger partial charge in [-0.2, -0.15) is 0 Å². The van der Waals surface area contributed by atoms with Gasteiger partial charge < -0.3 is 4.42 Å². The molecule has 12 rings (SSSR count). The van der Waals surface area contributed by atoms with Crippen LogP contribution in [0.2, 0.25) is 0 Å². The van der Waals surface area contributed by atoms with Crippen LogP contribution >= 0.6 is 0 Å². The Morgan fingerprint density at radius 3 is 1.69 bits per heavy atom. The van der Waals surface area contributed by atoms with E-state index in [1.807, 2.05) is 0 Å². The van der Waals surface area contributed by atoms with Gasteiger partial charge in [-0.15, -0.1) is 0 Å². The summed E-state index contributed by atoms with van der Waals surface area (Å²) in [5.74, 6) is 0. The van der Waals surface area contributed by atoms with Gasteiger partial charge in [-0.25, -0.2) is 4.98 Å². The number of hydrogen-bond acceptors (Lipinski definition) is 2. The third-order valence-electron chi connectivity index (χ3n) is 11.6. The minimum Gasteiger partial charge on any atom is -0.455 e. The summed E-state index contributed by atoms with van der Waals surface area (Å²) < 4.78 is 6.79. The Labute approximate surface area is 316 Å². The van der Waals surface area contributed by atoms with Gasteiger partial charge in [0, 0.05) is 38.1 Å². The molecule has 0 atom stereocenters. The van der Waals surface area contributed by atoms with Gasteiger partial charge in [-0.3, -0.25) is 0 Å². The lowest BCUT2D eigenvalue weighted by Crippen LogP contribution is -1.93. The molecule has 254 valence electrons. The highest BCUT2D eigenvalue weighted by atomic mass is 16.3. The largest absolute Gasteiger partial charge is 0.455 e. The van der Waals surface area contributed by atoms with Crippen LogP contribution in [0.4, 0.5) is 0 Å². The van der Waals surface area contributed by atoms with Crippen molar-refractivity contribution in [2.45, 2.75) is 0 Å². The second-order valence-corrected chi connectivity index (χ2v) is 14.6. The van der Waals surface area contributed by atoms with Crippen molar-refractivity contribution < 1.29 is 4.42 Å². The van der Waals surface area contributed by atoms with Crippen molar-refractivity contribution in [3.05, 3.63) is 188 Å². The summed E-state index contributed by atoms with van der Waals surface area (Å²) in [6.45, 7) is 0. The number of aromatic nitrogens is 1. The molecule has 2 aromatic heterocycles. The van der Waals surface area contributed by atoms with Crippen LogP contribution < -0.4 is 0 Å². The van der Waals surface area contributed by atoms with Crippen LogP contribution in [-0.2, 0) is 0 Å². The van der Waals surface area contributed by atoms with Crippen molar-refractivity contribution in [1.29, 1.82) is 0 Å². The zero-order valence-corrected chi connectivity index (χ0v) is 29.8. The van der Waals surface area contributed by atoms with E-state index in [0.29, 0.717) is 0 Å². The minimum atomic E-state index is 0.911. The average Bonchev–Trinajstić information content (AvgIpc) is 3.66. The normalized spacial score (nSPS) is 12.0. The zero-order chi connectivity index (χ0) is 36.0. The van der Waals surface area contributed by atoms with Gasteiger partial charge in [0.15, 0.2) is 0 Å². The summed E-state index contributed by atoms with van der Waals surface area (Å²) in [6.07, 6.45) is 0. The van der Waals surface area contributed by atoms with Gasteiger partial charge in [0.2, 0.25) is 0 Å². The Morgan fingerprint density at radius 1 is 0.327 bits per heavy atom. The predicted molar refractivity (Wildman–Crippen MR) is 233 cm³/mol. The molecule has 0 N–H and O–H groups in total. The highest BCUT2D eigenvalue weighted by molar-refractivity contribution is 6.29. The summed E-state index contributed by atoms with van der Waals surface area (Å²) in [6, 6.07) is 67.9. The second kappa shape index (κ2) is 11.6. The molecule has 55 heavy (non-hydrogen) atoms. The van der Waals surface area contributed by atoms with Crippen molar-refractivity contribution in [3.63, 3.8) is 0 Å². The summed E-state index contributed by atoms with van der Waals surface area (Å²) in [7, 11) is 0. The van der Waals surface area contributed by atoms with Crippen molar-refractivity contribution in [2.75, 3.05) is 0 Å². The van der Waals surface area contributed by atoms with E-state index >= 15 is 0 Å². The minimum absolute atomic E-state index is 0.911. The smallest absolute Gasteiger partial charge is 0.143 e. The molecule has 0 saturated carbocycles. The van der Waals surface area contributed by atoms with Crippen LogP contribution in [0, 0.1) is 0 Å². The lowest BCUT2D eigenvalue weighted by Gasteiger charge is -2.17. The molecule has 10 aromatic carbocycles. The van der Waals surface area contributed by atoms with Crippen molar-refractivity contribution in [3.8, 4) is 33.5 Å². The molecule has 2 nitrogen and oxygen atoms in total. The molecular formula is C53H31NO. The van der Waals surface area contributed by atoms with Crippen molar-refractivity contribution in [2.24, 2.45) is 0 Å². The molecule has 0 radical (unpaired) electrons. The Kier molecular flexibility index (Phi) is 6.37. The summed E-state index contributed by atoms with van der Waals surface area (Å²) >= 11 is 0. The number of rotatable bonds is 3. The summed E-state index contributed by atoms with van der Waals surface area (Å²) in [5, 5.41) is 15.6. The monoisotopic (exact) mass is 697 g/mol. The van der Waals surface area contributed by atoms with E-state index in [1.54, 1.807) is 0 Å². The molecular weight excluding hydrogens is 667 g/mol. The molecule has 2 heteroatoms. The predicted octanol–water partition coefficient (Wildman–Crippen LogP) is 14.9. The molecule has 0 spiro atoms. The first-order valence-corrected chi connectivity index (χ1v) is 18.9. The molecule has 0 unspecified atom stereocenters. The molecule has 0 aliphatic rings. The molecule has 0 saturated heterocycles. The van der Waals surface area contributed by atoms with Crippen molar-refractivity contribution in [1.82, 2.24) is 4.98 Å². The third-order valence-corrected chi connectivity index (χ3v) is 11.6. The van der Waals surface area contributed by atoms with Gasteiger partial charge in [0.1, 0.15) is 11.2 Å². The van der Waals surface area contributed by atoms with E-state index in [-0.39, 0.29) is 0 Å². The summed E-state index contributed by atoms with van der Waals surface area (Å²) in [4.78, 5) is 5.40. The Morgan fingerprint density at radius 2 is 0.927 bits per heavy atom. The van der Waals surface area contributed by atoms with E-state index in [0.717, 1.165) is 50.0 Å². The lowest BCUT2D eigenvalue weighted by molar-refractivity contribution is 0.670. The van der Waals surface area contributed by atoms with E-state index in [4.69, 9.17) is 9.40 Å². The first-order valence-electron chi connectivity index (χ1n) is 18.9. The number of nitrogens with zero attached hydrogens (tertiary/aromatic N) is 1. The Bertz CT molecular complexity index is 3520. The Hall–Kier alpha value is -7.29. The van der Waals surface area contributed by atoms with E-state index in [1.165, 1.54) is 70.2 Å². The van der Waals surface area contributed by atoms with Crippen LogP contribution in [0.15, 0.2) is 192 Å². The fourth-order valence-corrected chi connectivity index (χ4v) is 9.04. The molecule has 0 amide bonds. The maximum Gasteiger partial charge on any atom is 0.143 e. The zero-order valence-electron chi connectivity index (χ0n) is 29.8. The lowest BCUT2D eigenvalue weighted by atomic mass is 9.88. The molecule has 0 bridgehead atoms. The fourth-order valence-electron chi connectivity index (χ4n) is 9.04. The van der Waals surface area contributed by atoms with E-state index in [9.17, 15) is 0 Å². The first-order chi connectivity index (χ1) is 27.3. The SMILES string of the molecule is c1ccc(-c2nc3cc4ccccc4cc3c3c2cc(-c2ccc(-c4cc5ccccc5c5c4oc4ccc6ccccc6c45)cc2)c2ccccc23)cc1. The topological polar surface area (TPSA) is 26.0 Å². The van der Waals surface area contributed by atoms with Crippen LogP contribution in [0.3, 0.4) is 0 Å². The van der Waals surface area contributed by atoms with E-state index < -0.39 is 0 Å². The van der Waals surface area contributed by atoms with Gasteiger partial charge in [-0.05, 0) is 90.1 Å². The highest BCUT2D eigenvalue weighted by Crippen LogP contribution is 2.45. The van der Waals surface area contributed by atoms with Crippen LogP contribution in [0.1, 0.15) is 0 Å². The standard InChI is InChI=1S/C53H31NO/c1-2-13-35(14-3-1)52-46-31-43(41-20-10-11-21-42(41)49(46)45-28-36-15-4-5-16-37(36)30-47(45)54-52)33-22-24-34(25-23-33)44-29-38-17-7-9-19-40(38)51-50-39-18-8-6-12-32(39)26-27-48(50)55-53(44)51/h1-31H. The summed E-state index contributed by atoms with van der Waals surface area (Å²) in [5.41, 5.74) is 9.51. The van der Waals surface area contributed by atoms with Crippen LogP contribution in [0.5, 0.6) is 0 Å². The number of furan rings is 1. The number of fused-ring (bicyclic) bond motifs is 13. The van der Waals surface area contributed by atoms with Crippen molar-refractivity contribution >= 4 is 86.7 Å². The maximum absolute atomic E-state index is 6.79. The van der Waals surface area contributed by atoms with Gasteiger partial charge >= 0.3 is 0 Å². The third kappa shape index (κ3) is 4.52. The number of pyridine rings is 1. The average molecular weight is 698 g/mol. The molecule has 12 aromatic rings. The quantitative estimate of drug-likeness (QED) is 0.136. The van der Waals surface area contributed by atoms with Gasteiger partial charge in [0.25, 0.3) is 0 Å². The maximum atomic E-state index is 6.79. The molecule has 0 aliphatic heterocycles. The van der Waals surface area contributed by atoms with Gasteiger partial charge in [0.05, 0.1) is 11.2 Å².